The summed E-state index contributed by atoms with van der Waals surface area (Å²) in [4.78, 5) is 2.59. The molecule has 1 aliphatic carbocycles. The van der Waals surface area contributed by atoms with Crippen molar-refractivity contribution in [3.63, 3.8) is 0 Å². The maximum Gasteiger partial charge on any atom is 0.117 e. The fraction of sp³-hybridized carbons (Fsp3) is 0.692. The van der Waals surface area contributed by atoms with Gasteiger partial charge < -0.3 is 9.73 Å². The highest BCUT2D eigenvalue weighted by molar-refractivity contribution is 4.97. The maximum absolute atomic E-state index is 5.29. The molecule has 1 atom stereocenters. The lowest BCUT2D eigenvalue weighted by Crippen LogP contribution is -2.41. The zero-order valence-corrected chi connectivity index (χ0v) is 10.3. The first kappa shape index (κ1) is 11.7. The highest BCUT2D eigenvalue weighted by Crippen LogP contribution is 2.27. The maximum atomic E-state index is 5.29. The second-order valence-electron chi connectivity index (χ2n) is 4.62. The fourth-order valence-corrected chi connectivity index (χ4v) is 2.27. The van der Waals surface area contributed by atoms with E-state index in [9.17, 15) is 0 Å². The molecule has 1 aromatic heterocycles. The van der Waals surface area contributed by atoms with Crippen LogP contribution in [0.2, 0.25) is 0 Å². The van der Waals surface area contributed by atoms with Crippen molar-refractivity contribution in [2.45, 2.75) is 45.3 Å². The Labute approximate surface area is 97.8 Å². The molecule has 1 N–H and O–H groups in total. The molecule has 3 nitrogen and oxygen atoms in total. The number of hydrogen-bond donors (Lipinski definition) is 1. The smallest absolute Gasteiger partial charge is 0.117 e. The first-order valence-corrected chi connectivity index (χ1v) is 6.30. The highest BCUT2D eigenvalue weighted by atomic mass is 16.3. The number of nitrogens with one attached hydrogen (secondary N) is 1. The monoisotopic (exact) mass is 222 g/mol. The van der Waals surface area contributed by atoms with E-state index in [4.69, 9.17) is 4.42 Å². The third kappa shape index (κ3) is 3.09. The largest absolute Gasteiger partial charge is 0.468 e. The van der Waals surface area contributed by atoms with Crippen LogP contribution >= 0.6 is 0 Å². The van der Waals surface area contributed by atoms with Gasteiger partial charge in [0.25, 0.3) is 0 Å². The van der Waals surface area contributed by atoms with E-state index in [0.717, 1.165) is 31.4 Å². The van der Waals surface area contributed by atoms with Crippen molar-refractivity contribution >= 4 is 0 Å². The average molecular weight is 222 g/mol. The summed E-state index contributed by atoms with van der Waals surface area (Å²) in [5.41, 5.74) is 0. The average Bonchev–Trinajstić information content (AvgIpc) is 2.96. The van der Waals surface area contributed by atoms with Crippen LogP contribution in [0.4, 0.5) is 0 Å². The van der Waals surface area contributed by atoms with Crippen LogP contribution in [0, 0.1) is 0 Å². The molecule has 0 radical (unpaired) electrons. The molecule has 1 unspecified atom stereocenters. The molecule has 1 aliphatic rings. The van der Waals surface area contributed by atoms with Crippen LogP contribution in [-0.4, -0.2) is 30.1 Å². The van der Waals surface area contributed by atoms with Gasteiger partial charge in [0.15, 0.2) is 0 Å². The molecule has 2 rings (SSSR count). The van der Waals surface area contributed by atoms with E-state index in [1.54, 1.807) is 6.26 Å². The van der Waals surface area contributed by atoms with Crippen molar-refractivity contribution in [3.05, 3.63) is 24.2 Å². The standard InChI is InChI=1S/C13H22N2O/c1-3-15(12-6-7-12)11(2)9-14-10-13-5-4-8-16-13/h4-5,8,11-12,14H,3,6-7,9-10H2,1-2H3. The molecule has 90 valence electrons. The van der Waals surface area contributed by atoms with Crippen molar-refractivity contribution in [1.82, 2.24) is 10.2 Å². The van der Waals surface area contributed by atoms with E-state index in [1.807, 2.05) is 12.1 Å². The third-order valence-corrected chi connectivity index (χ3v) is 3.27. The Balaban J connectivity index is 1.68. The number of likely N-dealkylation sites (N-methyl/N-ethyl adjacent to an activating group) is 1. The molecule has 1 heterocycles. The van der Waals surface area contributed by atoms with Crippen LogP contribution in [0.3, 0.4) is 0 Å². The molecular weight excluding hydrogens is 200 g/mol. The van der Waals surface area contributed by atoms with E-state index in [-0.39, 0.29) is 0 Å². The minimum absolute atomic E-state index is 0.618. The Morgan fingerprint density at radius 2 is 2.38 bits per heavy atom. The number of nitrogens with zero attached hydrogens (tertiary/aromatic N) is 1. The second-order valence-corrected chi connectivity index (χ2v) is 4.62. The van der Waals surface area contributed by atoms with Crippen molar-refractivity contribution in [3.8, 4) is 0 Å². The Kier molecular flexibility index (Phi) is 4.02. The lowest BCUT2D eigenvalue weighted by molar-refractivity contribution is 0.203. The second kappa shape index (κ2) is 5.51. The summed E-state index contributed by atoms with van der Waals surface area (Å²) >= 11 is 0. The van der Waals surface area contributed by atoms with Gasteiger partial charge in [-0.2, -0.15) is 0 Å². The molecule has 0 aromatic carbocycles. The quantitative estimate of drug-likeness (QED) is 0.767. The van der Waals surface area contributed by atoms with E-state index in [2.05, 4.69) is 24.1 Å². The van der Waals surface area contributed by atoms with Gasteiger partial charge in [-0.05, 0) is 38.4 Å². The SMILES string of the molecule is CCN(C(C)CNCc1ccco1)C1CC1. The van der Waals surface area contributed by atoms with Gasteiger partial charge in [0.2, 0.25) is 0 Å². The minimum Gasteiger partial charge on any atom is -0.468 e. The van der Waals surface area contributed by atoms with Gasteiger partial charge in [0.1, 0.15) is 5.76 Å². The summed E-state index contributed by atoms with van der Waals surface area (Å²) in [6, 6.07) is 5.41. The van der Waals surface area contributed by atoms with E-state index < -0.39 is 0 Å². The van der Waals surface area contributed by atoms with Crippen LogP contribution < -0.4 is 5.32 Å². The molecule has 0 spiro atoms. The summed E-state index contributed by atoms with van der Waals surface area (Å²) in [7, 11) is 0. The molecule has 16 heavy (non-hydrogen) atoms. The van der Waals surface area contributed by atoms with E-state index >= 15 is 0 Å². The molecule has 1 saturated carbocycles. The molecule has 0 aliphatic heterocycles. The molecule has 3 heteroatoms. The minimum atomic E-state index is 0.618. The van der Waals surface area contributed by atoms with Crippen LogP contribution in [0.1, 0.15) is 32.4 Å². The summed E-state index contributed by atoms with van der Waals surface area (Å²) in [6.45, 7) is 7.58. The van der Waals surface area contributed by atoms with Gasteiger partial charge >= 0.3 is 0 Å². The third-order valence-electron chi connectivity index (χ3n) is 3.27. The molecule has 1 aromatic rings. The Morgan fingerprint density at radius 1 is 1.56 bits per heavy atom. The van der Waals surface area contributed by atoms with Crippen LogP contribution in [0.5, 0.6) is 0 Å². The Morgan fingerprint density at radius 3 is 2.94 bits per heavy atom. The fourth-order valence-electron chi connectivity index (χ4n) is 2.27. The Hall–Kier alpha value is -0.800. The predicted molar refractivity (Wildman–Crippen MR) is 65.3 cm³/mol. The summed E-state index contributed by atoms with van der Waals surface area (Å²) < 4.78 is 5.29. The summed E-state index contributed by atoms with van der Waals surface area (Å²) in [5.74, 6) is 1.02. The number of hydrogen-bond acceptors (Lipinski definition) is 3. The topological polar surface area (TPSA) is 28.4 Å². The van der Waals surface area contributed by atoms with Gasteiger partial charge in [0.05, 0.1) is 12.8 Å². The van der Waals surface area contributed by atoms with Gasteiger partial charge in [-0.1, -0.05) is 6.92 Å². The normalized spacial score (nSPS) is 17.9. The van der Waals surface area contributed by atoms with Crippen molar-refractivity contribution in [1.29, 1.82) is 0 Å². The lowest BCUT2D eigenvalue weighted by Gasteiger charge is -2.27. The first-order chi connectivity index (χ1) is 7.81. The van der Waals surface area contributed by atoms with E-state index in [1.165, 1.54) is 12.8 Å². The zero-order chi connectivity index (χ0) is 11.4. The molecule has 0 amide bonds. The molecule has 0 bridgehead atoms. The molecule has 1 fully saturated rings. The van der Waals surface area contributed by atoms with Crippen molar-refractivity contribution in [2.24, 2.45) is 0 Å². The highest BCUT2D eigenvalue weighted by Gasteiger charge is 2.30. The molecular formula is C13H22N2O. The lowest BCUT2D eigenvalue weighted by atomic mass is 10.2. The van der Waals surface area contributed by atoms with Crippen molar-refractivity contribution in [2.75, 3.05) is 13.1 Å². The van der Waals surface area contributed by atoms with Gasteiger partial charge in [0, 0.05) is 18.6 Å². The summed E-state index contributed by atoms with van der Waals surface area (Å²) in [6.07, 6.45) is 4.50. The Bertz CT molecular complexity index is 293. The number of rotatable bonds is 7. The van der Waals surface area contributed by atoms with Gasteiger partial charge in [-0.3, -0.25) is 4.90 Å². The summed E-state index contributed by atoms with van der Waals surface area (Å²) in [5, 5.41) is 3.45. The van der Waals surface area contributed by atoms with Crippen LogP contribution in [0.25, 0.3) is 0 Å². The zero-order valence-electron chi connectivity index (χ0n) is 10.3. The van der Waals surface area contributed by atoms with Crippen LogP contribution in [-0.2, 0) is 6.54 Å². The molecule has 0 saturated heterocycles. The van der Waals surface area contributed by atoms with Crippen LogP contribution in [0.15, 0.2) is 22.8 Å². The first-order valence-electron chi connectivity index (χ1n) is 6.30. The van der Waals surface area contributed by atoms with Gasteiger partial charge in [-0.15, -0.1) is 0 Å². The van der Waals surface area contributed by atoms with E-state index in [0.29, 0.717) is 6.04 Å². The number of furan rings is 1. The predicted octanol–water partition coefficient (Wildman–Crippen LogP) is 2.24. The van der Waals surface area contributed by atoms with Crippen molar-refractivity contribution < 1.29 is 4.42 Å². The van der Waals surface area contributed by atoms with Gasteiger partial charge in [-0.25, -0.2) is 0 Å².